The van der Waals surface area contributed by atoms with E-state index in [2.05, 4.69) is 5.32 Å². The summed E-state index contributed by atoms with van der Waals surface area (Å²) in [5, 5.41) is 2.60. The highest BCUT2D eigenvalue weighted by Crippen LogP contribution is 2.34. The van der Waals surface area contributed by atoms with Crippen molar-refractivity contribution >= 4 is 27.5 Å². The minimum atomic E-state index is -3.60. The number of benzene rings is 2. The number of amides is 2. The molecular weight excluding hydrogens is 470 g/mol. The van der Waals surface area contributed by atoms with Crippen molar-refractivity contribution in [3.8, 4) is 11.5 Å². The Morgan fingerprint density at radius 1 is 1.09 bits per heavy atom. The van der Waals surface area contributed by atoms with Crippen LogP contribution in [0.4, 0.5) is 5.69 Å². The third kappa shape index (κ3) is 6.66. The van der Waals surface area contributed by atoms with Gasteiger partial charge in [0.15, 0.2) is 11.5 Å². The van der Waals surface area contributed by atoms with E-state index in [1.54, 1.807) is 25.1 Å². The summed E-state index contributed by atoms with van der Waals surface area (Å²) in [4.78, 5) is 27.1. The molecule has 9 nitrogen and oxygen atoms in total. The third-order valence-corrected chi connectivity index (χ3v) is 7.18. The SMILES string of the molecule is CNC(=O)[C@@H](C)N(Cc1ccccc1C)C(=O)CCCN(c1ccc2c(c1)OCCO2)S(C)(=O)=O. The summed E-state index contributed by atoms with van der Waals surface area (Å²) in [6.45, 7) is 4.88. The molecular formula is C25H33N3O6S. The molecule has 1 atom stereocenters. The third-order valence-electron chi connectivity index (χ3n) is 5.98. The molecule has 190 valence electrons. The number of fused-ring (bicyclic) bond motifs is 1. The van der Waals surface area contributed by atoms with Gasteiger partial charge in [0.2, 0.25) is 21.8 Å². The van der Waals surface area contributed by atoms with Gasteiger partial charge in [-0.1, -0.05) is 24.3 Å². The number of hydrogen-bond acceptors (Lipinski definition) is 6. The van der Waals surface area contributed by atoms with Gasteiger partial charge in [0.05, 0.1) is 11.9 Å². The monoisotopic (exact) mass is 503 g/mol. The van der Waals surface area contributed by atoms with E-state index >= 15 is 0 Å². The summed E-state index contributed by atoms with van der Waals surface area (Å²) in [6, 6.07) is 12.0. The summed E-state index contributed by atoms with van der Waals surface area (Å²) in [7, 11) is -2.07. The minimum Gasteiger partial charge on any atom is -0.486 e. The average molecular weight is 504 g/mol. The van der Waals surface area contributed by atoms with E-state index in [1.807, 2.05) is 31.2 Å². The number of likely N-dealkylation sites (N-methyl/N-ethyl adjacent to an activating group) is 1. The number of hydrogen-bond donors (Lipinski definition) is 1. The Morgan fingerprint density at radius 2 is 1.77 bits per heavy atom. The van der Waals surface area contributed by atoms with Crippen molar-refractivity contribution < 1.29 is 27.5 Å². The lowest BCUT2D eigenvalue weighted by atomic mass is 10.1. The fourth-order valence-corrected chi connectivity index (χ4v) is 4.91. The smallest absolute Gasteiger partial charge is 0.242 e. The van der Waals surface area contributed by atoms with Crippen molar-refractivity contribution in [2.24, 2.45) is 0 Å². The first-order chi connectivity index (χ1) is 16.6. The highest BCUT2D eigenvalue weighted by molar-refractivity contribution is 7.92. The van der Waals surface area contributed by atoms with Gasteiger partial charge in [-0.15, -0.1) is 0 Å². The molecule has 1 aliphatic heterocycles. The van der Waals surface area contributed by atoms with Gasteiger partial charge in [-0.3, -0.25) is 13.9 Å². The molecule has 0 saturated carbocycles. The van der Waals surface area contributed by atoms with Crippen LogP contribution < -0.4 is 19.1 Å². The molecule has 0 aromatic heterocycles. The zero-order valence-electron chi connectivity index (χ0n) is 20.6. The van der Waals surface area contributed by atoms with Crippen LogP contribution in [0.3, 0.4) is 0 Å². The molecule has 35 heavy (non-hydrogen) atoms. The molecule has 0 spiro atoms. The lowest BCUT2D eigenvalue weighted by molar-refractivity contribution is -0.140. The standard InChI is InChI=1S/C25H33N3O6S/c1-18-8-5-6-9-20(18)17-27(19(2)25(30)26-3)24(29)10-7-13-28(35(4,31)32)21-11-12-22-23(16-21)34-15-14-33-22/h5-6,8-9,11-12,16,19H,7,10,13-15,17H2,1-4H3,(H,26,30)/t19-/m1/s1. The van der Waals surface area contributed by atoms with Crippen molar-refractivity contribution in [2.45, 2.75) is 39.3 Å². The van der Waals surface area contributed by atoms with Gasteiger partial charge >= 0.3 is 0 Å². The molecule has 1 aliphatic rings. The molecule has 10 heteroatoms. The van der Waals surface area contributed by atoms with Gasteiger partial charge in [-0.2, -0.15) is 0 Å². The Labute approximate surface area is 207 Å². The Bertz CT molecular complexity index is 1170. The highest BCUT2D eigenvalue weighted by Gasteiger charge is 2.27. The first-order valence-electron chi connectivity index (χ1n) is 11.5. The van der Waals surface area contributed by atoms with Gasteiger partial charge < -0.3 is 19.7 Å². The van der Waals surface area contributed by atoms with E-state index in [9.17, 15) is 18.0 Å². The topological polar surface area (TPSA) is 105 Å². The minimum absolute atomic E-state index is 0.0871. The fraction of sp³-hybridized carbons (Fsp3) is 0.440. The van der Waals surface area contributed by atoms with Crippen LogP contribution in [0, 0.1) is 6.92 Å². The number of aryl methyl sites for hydroxylation is 1. The maximum atomic E-state index is 13.2. The van der Waals surface area contributed by atoms with Crippen molar-refractivity contribution in [1.82, 2.24) is 10.2 Å². The molecule has 2 amide bonds. The molecule has 0 radical (unpaired) electrons. The Balaban J connectivity index is 1.73. The quantitative estimate of drug-likeness (QED) is 0.534. The van der Waals surface area contributed by atoms with Crippen LogP contribution in [0.1, 0.15) is 30.9 Å². The molecule has 0 fully saturated rings. The zero-order valence-corrected chi connectivity index (χ0v) is 21.4. The van der Waals surface area contributed by atoms with Crippen molar-refractivity contribution in [2.75, 3.05) is 37.4 Å². The Morgan fingerprint density at radius 3 is 2.43 bits per heavy atom. The predicted octanol–water partition coefficient (Wildman–Crippen LogP) is 2.48. The Hall–Kier alpha value is -3.27. The maximum absolute atomic E-state index is 13.2. The molecule has 0 saturated heterocycles. The van der Waals surface area contributed by atoms with Crippen molar-refractivity contribution in [3.63, 3.8) is 0 Å². The van der Waals surface area contributed by atoms with Gasteiger partial charge in [-0.05, 0) is 43.5 Å². The summed E-state index contributed by atoms with van der Waals surface area (Å²) >= 11 is 0. The molecule has 0 bridgehead atoms. The number of anilines is 1. The normalized spacial score (nSPS) is 13.6. The summed E-state index contributed by atoms with van der Waals surface area (Å²) in [5.41, 5.74) is 2.42. The summed E-state index contributed by atoms with van der Waals surface area (Å²) in [6.07, 6.45) is 1.50. The number of nitrogens with one attached hydrogen (secondary N) is 1. The lowest BCUT2D eigenvalue weighted by Gasteiger charge is -2.29. The molecule has 2 aromatic carbocycles. The van der Waals surface area contributed by atoms with E-state index in [0.29, 0.717) is 30.4 Å². The predicted molar refractivity (Wildman–Crippen MR) is 134 cm³/mol. The second-order valence-electron chi connectivity index (χ2n) is 8.50. The number of ether oxygens (including phenoxy) is 2. The number of rotatable bonds is 10. The van der Waals surface area contributed by atoms with Gasteiger partial charge in [0, 0.05) is 32.6 Å². The second-order valence-corrected chi connectivity index (χ2v) is 10.4. The number of carbonyl (C=O) groups excluding carboxylic acids is 2. The first kappa shape index (κ1) is 26.3. The van der Waals surface area contributed by atoms with Crippen LogP contribution in [0.15, 0.2) is 42.5 Å². The van der Waals surface area contributed by atoms with Crippen LogP contribution in [0.5, 0.6) is 11.5 Å². The fourth-order valence-electron chi connectivity index (χ4n) is 3.95. The largest absolute Gasteiger partial charge is 0.486 e. The van der Waals surface area contributed by atoms with Gasteiger partial charge in [-0.25, -0.2) is 8.42 Å². The second kappa shape index (κ2) is 11.4. The Kier molecular flexibility index (Phi) is 8.61. The van der Waals surface area contributed by atoms with E-state index < -0.39 is 16.1 Å². The van der Waals surface area contributed by atoms with Crippen LogP contribution in [0.25, 0.3) is 0 Å². The molecule has 1 N–H and O–H groups in total. The zero-order chi connectivity index (χ0) is 25.6. The van der Waals surface area contributed by atoms with Crippen molar-refractivity contribution in [3.05, 3.63) is 53.6 Å². The van der Waals surface area contributed by atoms with Crippen LogP contribution in [0.2, 0.25) is 0 Å². The molecule has 0 unspecified atom stereocenters. The van der Waals surface area contributed by atoms with E-state index in [-0.39, 0.29) is 37.7 Å². The average Bonchev–Trinajstić information content (AvgIpc) is 2.84. The van der Waals surface area contributed by atoms with Crippen LogP contribution in [-0.2, 0) is 26.2 Å². The molecule has 2 aromatic rings. The summed E-state index contributed by atoms with van der Waals surface area (Å²) < 4.78 is 37.4. The highest BCUT2D eigenvalue weighted by atomic mass is 32.2. The number of carbonyl (C=O) groups is 2. The number of nitrogens with zero attached hydrogens (tertiary/aromatic N) is 2. The molecule has 0 aliphatic carbocycles. The van der Waals surface area contributed by atoms with Crippen LogP contribution in [-0.4, -0.2) is 64.2 Å². The van der Waals surface area contributed by atoms with Crippen LogP contribution >= 0.6 is 0 Å². The molecule has 3 rings (SSSR count). The summed E-state index contributed by atoms with van der Waals surface area (Å²) in [5.74, 6) is 0.571. The number of sulfonamides is 1. The van der Waals surface area contributed by atoms with E-state index in [1.165, 1.54) is 16.3 Å². The van der Waals surface area contributed by atoms with Gasteiger partial charge in [0.25, 0.3) is 0 Å². The van der Waals surface area contributed by atoms with Gasteiger partial charge in [0.1, 0.15) is 19.3 Å². The molecule has 1 heterocycles. The van der Waals surface area contributed by atoms with E-state index in [4.69, 9.17) is 9.47 Å². The lowest BCUT2D eigenvalue weighted by Crippen LogP contribution is -2.47. The van der Waals surface area contributed by atoms with Crippen molar-refractivity contribution in [1.29, 1.82) is 0 Å². The first-order valence-corrected chi connectivity index (χ1v) is 13.4. The maximum Gasteiger partial charge on any atom is 0.242 e. The van der Waals surface area contributed by atoms with E-state index in [0.717, 1.165) is 17.4 Å².